The standard InChI is InChI=1S/C13H16ClFN2O2/c1-19-12-8-11(10(15)7-9(12)14)16-13(18)17-5-3-2-4-6-17/h7-8H,2-6H2,1H3,(H,16,18). The summed E-state index contributed by atoms with van der Waals surface area (Å²) >= 11 is 5.80. The molecule has 1 aliphatic rings. The number of urea groups is 1. The molecule has 1 aromatic rings. The van der Waals surface area contributed by atoms with Crippen LogP contribution in [0.4, 0.5) is 14.9 Å². The zero-order chi connectivity index (χ0) is 13.8. The van der Waals surface area contributed by atoms with Crippen LogP contribution in [0.2, 0.25) is 5.02 Å². The number of anilines is 1. The van der Waals surface area contributed by atoms with Gasteiger partial charge in [-0.25, -0.2) is 9.18 Å². The van der Waals surface area contributed by atoms with Gasteiger partial charge in [0.15, 0.2) is 0 Å². The quantitative estimate of drug-likeness (QED) is 0.904. The molecule has 19 heavy (non-hydrogen) atoms. The molecule has 0 saturated carbocycles. The Hall–Kier alpha value is -1.49. The molecule has 2 rings (SSSR count). The maximum atomic E-state index is 13.7. The Morgan fingerprint density at radius 2 is 2.05 bits per heavy atom. The van der Waals surface area contributed by atoms with E-state index in [1.165, 1.54) is 13.2 Å². The molecular formula is C13H16ClFN2O2. The van der Waals surface area contributed by atoms with E-state index in [0.29, 0.717) is 18.8 Å². The molecule has 1 saturated heterocycles. The number of likely N-dealkylation sites (tertiary alicyclic amines) is 1. The molecule has 0 bridgehead atoms. The summed E-state index contributed by atoms with van der Waals surface area (Å²) in [6, 6.07) is 2.23. The monoisotopic (exact) mass is 286 g/mol. The van der Waals surface area contributed by atoms with Crippen molar-refractivity contribution in [2.45, 2.75) is 19.3 Å². The van der Waals surface area contributed by atoms with Gasteiger partial charge in [-0.3, -0.25) is 0 Å². The van der Waals surface area contributed by atoms with E-state index in [-0.39, 0.29) is 16.7 Å². The average molecular weight is 287 g/mol. The minimum atomic E-state index is -0.573. The predicted octanol–water partition coefficient (Wildman–Crippen LogP) is 3.51. The molecule has 1 aromatic carbocycles. The second kappa shape index (κ2) is 6.10. The lowest BCUT2D eigenvalue weighted by atomic mass is 10.1. The minimum absolute atomic E-state index is 0.0804. The fourth-order valence-electron chi connectivity index (χ4n) is 2.07. The molecule has 104 valence electrons. The van der Waals surface area contributed by atoms with Crippen molar-refractivity contribution >= 4 is 23.3 Å². The van der Waals surface area contributed by atoms with Crippen LogP contribution in [0.25, 0.3) is 0 Å². The third kappa shape index (κ3) is 3.29. The first-order valence-electron chi connectivity index (χ1n) is 6.21. The number of carbonyl (C=O) groups excluding carboxylic acids is 1. The van der Waals surface area contributed by atoms with E-state index in [4.69, 9.17) is 16.3 Å². The Bertz CT molecular complexity index is 476. The lowest BCUT2D eigenvalue weighted by Crippen LogP contribution is -2.38. The second-order valence-electron chi connectivity index (χ2n) is 4.44. The highest BCUT2D eigenvalue weighted by molar-refractivity contribution is 6.32. The van der Waals surface area contributed by atoms with Crippen LogP contribution < -0.4 is 10.1 Å². The zero-order valence-corrected chi connectivity index (χ0v) is 11.5. The summed E-state index contributed by atoms with van der Waals surface area (Å²) in [4.78, 5) is 13.7. The molecule has 2 amide bonds. The lowest BCUT2D eigenvalue weighted by Gasteiger charge is -2.27. The van der Waals surface area contributed by atoms with Gasteiger partial charge in [0, 0.05) is 19.2 Å². The molecule has 1 heterocycles. The van der Waals surface area contributed by atoms with Crippen LogP contribution >= 0.6 is 11.6 Å². The molecule has 0 aliphatic carbocycles. The summed E-state index contributed by atoms with van der Waals surface area (Å²) in [5, 5.41) is 2.73. The van der Waals surface area contributed by atoms with Crippen molar-refractivity contribution in [3.63, 3.8) is 0 Å². The highest BCUT2D eigenvalue weighted by Gasteiger charge is 2.18. The average Bonchev–Trinajstić information content (AvgIpc) is 2.42. The van der Waals surface area contributed by atoms with Crippen LogP contribution in [0.15, 0.2) is 12.1 Å². The molecule has 6 heteroatoms. The lowest BCUT2D eigenvalue weighted by molar-refractivity contribution is 0.200. The summed E-state index contributed by atoms with van der Waals surface area (Å²) in [5.41, 5.74) is 0.0804. The largest absolute Gasteiger partial charge is 0.495 e. The number of nitrogens with one attached hydrogen (secondary N) is 1. The Morgan fingerprint density at radius 3 is 2.68 bits per heavy atom. The number of amides is 2. The van der Waals surface area contributed by atoms with Gasteiger partial charge in [-0.05, 0) is 25.3 Å². The normalized spacial score (nSPS) is 15.2. The molecule has 0 radical (unpaired) electrons. The van der Waals surface area contributed by atoms with E-state index in [2.05, 4.69) is 5.32 Å². The predicted molar refractivity (Wildman–Crippen MR) is 72.4 cm³/mol. The van der Waals surface area contributed by atoms with Gasteiger partial charge in [0.2, 0.25) is 0 Å². The van der Waals surface area contributed by atoms with Crippen LogP contribution in [0.1, 0.15) is 19.3 Å². The van der Waals surface area contributed by atoms with Gasteiger partial charge in [-0.2, -0.15) is 0 Å². The Labute approximate surface area is 116 Å². The van der Waals surface area contributed by atoms with E-state index in [1.807, 2.05) is 0 Å². The minimum Gasteiger partial charge on any atom is -0.495 e. The Kier molecular flexibility index (Phi) is 4.47. The summed E-state index contributed by atoms with van der Waals surface area (Å²) in [7, 11) is 1.44. The van der Waals surface area contributed by atoms with Crippen molar-refractivity contribution in [2.75, 3.05) is 25.5 Å². The number of rotatable bonds is 2. The van der Waals surface area contributed by atoms with Crippen LogP contribution in [0.3, 0.4) is 0 Å². The smallest absolute Gasteiger partial charge is 0.321 e. The van der Waals surface area contributed by atoms with Crippen molar-refractivity contribution in [1.82, 2.24) is 4.90 Å². The van der Waals surface area contributed by atoms with Gasteiger partial charge in [0.25, 0.3) is 0 Å². The number of carbonyl (C=O) groups is 1. The molecule has 0 atom stereocenters. The van der Waals surface area contributed by atoms with Crippen LogP contribution in [-0.4, -0.2) is 31.1 Å². The van der Waals surface area contributed by atoms with Crippen LogP contribution in [0, 0.1) is 5.82 Å². The third-order valence-electron chi connectivity index (χ3n) is 3.13. The van der Waals surface area contributed by atoms with Crippen molar-refractivity contribution in [3.8, 4) is 5.75 Å². The number of hydrogen-bond acceptors (Lipinski definition) is 2. The molecule has 1 aliphatic heterocycles. The SMILES string of the molecule is COc1cc(NC(=O)N2CCCCC2)c(F)cc1Cl. The molecule has 1 N–H and O–H groups in total. The maximum Gasteiger partial charge on any atom is 0.321 e. The van der Waals surface area contributed by atoms with Gasteiger partial charge < -0.3 is 15.0 Å². The summed E-state index contributed by atoms with van der Waals surface area (Å²) in [6.07, 6.45) is 3.10. The Morgan fingerprint density at radius 1 is 1.37 bits per heavy atom. The highest BCUT2D eigenvalue weighted by Crippen LogP contribution is 2.30. The highest BCUT2D eigenvalue weighted by atomic mass is 35.5. The van der Waals surface area contributed by atoms with E-state index in [1.54, 1.807) is 4.90 Å². The van der Waals surface area contributed by atoms with Crippen molar-refractivity contribution in [2.24, 2.45) is 0 Å². The first kappa shape index (κ1) is 13.9. The third-order valence-corrected chi connectivity index (χ3v) is 3.42. The first-order chi connectivity index (χ1) is 9.11. The second-order valence-corrected chi connectivity index (χ2v) is 4.85. The van der Waals surface area contributed by atoms with Crippen molar-refractivity contribution in [1.29, 1.82) is 0 Å². The summed E-state index contributed by atoms with van der Waals surface area (Å²) in [6.45, 7) is 1.41. The van der Waals surface area contributed by atoms with E-state index >= 15 is 0 Å². The number of nitrogens with zero attached hydrogens (tertiary/aromatic N) is 1. The first-order valence-corrected chi connectivity index (χ1v) is 6.58. The number of halogens is 2. The van der Waals surface area contributed by atoms with Crippen LogP contribution in [0.5, 0.6) is 5.75 Å². The fourth-order valence-corrected chi connectivity index (χ4v) is 2.30. The molecule has 0 aromatic heterocycles. The Balaban J connectivity index is 2.11. The number of benzene rings is 1. The molecule has 4 nitrogen and oxygen atoms in total. The van der Waals surface area contributed by atoms with Gasteiger partial charge in [-0.1, -0.05) is 11.6 Å². The molecule has 1 fully saturated rings. The maximum absolute atomic E-state index is 13.7. The van der Waals surface area contributed by atoms with Crippen molar-refractivity contribution in [3.05, 3.63) is 23.0 Å². The van der Waals surface area contributed by atoms with E-state index in [9.17, 15) is 9.18 Å². The van der Waals surface area contributed by atoms with Gasteiger partial charge in [0.05, 0.1) is 17.8 Å². The number of methoxy groups -OCH3 is 1. The van der Waals surface area contributed by atoms with Gasteiger partial charge in [-0.15, -0.1) is 0 Å². The van der Waals surface area contributed by atoms with E-state index < -0.39 is 5.82 Å². The van der Waals surface area contributed by atoms with E-state index in [0.717, 1.165) is 25.3 Å². The molecular weight excluding hydrogens is 271 g/mol. The number of piperidine rings is 1. The molecule has 0 unspecified atom stereocenters. The molecule has 0 spiro atoms. The zero-order valence-electron chi connectivity index (χ0n) is 10.7. The number of hydrogen-bond donors (Lipinski definition) is 1. The van der Waals surface area contributed by atoms with Crippen molar-refractivity contribution < 1.29 is 13.9 Å². The van der Waals surface area contributed by atoms with Gasteiger partial charge >= 0.3 is 6.03 Å². The summed E-state index contributed by atoms with van der Waals surface area (Å²) in [5.74, 6) is -0.242. The fraction of sp³-hybridized carbons (Fsp3) is 0.462. The number of ether oxygens (including phenoxy) is 1. The topological polar surface area (TPSA) is 41.6 Å². The van der Waals surface area contributed by atoms with Gasteiger partial charge in [0.1, 0.15) is 11.6 Å². The summed E-state index contributed by atoms with van der Waals surface area (Å²) < 4.78 is 18.7. The van der Waals surface area contributed by atoms with Crippen LogP contribution in [-0.2, 0) is 0 Å².